The number of fused-ring (bicyclic) bond motifs is 1. The van der Waals surface area contributed by atoms with Gasteiger partial charge in [0.25, 0.3) is 0 Å². The molecule has 0 atom stereocenters. The molecule has 0 unspecified atom stereocenters. The lowest BCUT2D eigenvalue weighted by Gasteiger charge is -2.01. The van der Waals surface area contributed by atoms with E-state index in [1.54, 1.807) is 4.52 Å². The van der Waals surface area contributed by atoms with Crippen molar-refractivity contribution in [1.82, 2.24) is 19.6 Å². The van der Waals surface area contributed by atoms with E-state index in [4.69, 9.17) is 0 Å². The Balaban J connectivity index is 1.76. The Morgan fingerprint density at radius 1 is 1.16 bits per heavy atom. The van der Waals surface area contributed by atoms with Crippen LogP contribution in [0.2, 0.25) is 0 Å². The number of pyridine rings is 2. The van der Waals surface area contributed by atoms with Gasteiger partial charge in [-0.1, -0.05) is 12.1 Å². The second-order valence-corrected chi connectivity index (χ2v) is 4.61. The molecule has 3 aromatic heterocycles. The second kappa shape index (κ2) is 4.68. The van der Waals surface area contributed by atoms with E-state index in [2.05, 4.69) is 26.4 Å². The summed E-state index contributed by atoms with van der Waals surface area (Å²) in [5.74, 6) is 0.631. The van der Waals surface area contributed by atoms with Gasteiger partial charge in [-0.25, -0.2) is 4.52 Å². The molecule has 5 heteroatoms. The highest BCUT2D eigenvalue weighted by Gasteiger charge is 2.03. The van der Waals surface area contributed by atoms with Crippen molar-refractivity contribution in [1.29, 1.82) is 0 Å². The molecule has 0 radical (unpaired) electrons. The Labute approximate surface area is 111 Å². The maximum absolute atomic E-state index is 4.41. The van der Waals surface area contributed by atoms with Gasteiger partial charge in [-0.3, -0.25) is 4.98 Å². The van der Waals surface area contributed by atoms with Gasteiger partial charge in [-0.15, -0.1) is 5.10 Å². The normalized spacial score (nSPS) is 10.8. The van der Waals surface area contributed by atoms with Crippen molar-refractivity contribution in [3.05, 3.63) is 53.5 Å². The van der Waals surface area contributed by atoms with Gasteiger partial charge in [0.1, 0.15) is 0 Å². The molecule has 3 rings (SSSR count). The lowest BCUT2D eigenvalue weighted by Crippen LogP contribution is -2.01. The first-order chi connectivity index (χ1) is 9.20. The predicted octanol–water partition coefficient (Wildman–Crippen LogP) is 2.35. The highest BCUT2D eigenvalue weighted by atomic mass is 15.3. The van der Waals surface area contributed by atoms with Crippen LogP contribution >= 0.6 is 0 Å². The fourth-order valence-electron chi connectivity index (χ4n) is 1.84. The summed E-state index contributed by atoms with van der Waals surface area (Å²) < 4.78 is 1.78. The number of aryl methyl sites for hydroxylation is 2. The molecule has 3 aromatic rings. The highest BCUT2D eigenvalue weighted by molar-refractivity contribution is 5.44. The summed E-state index contributed by atoms with van der Waals surface area (Å²) in [5, 5.41) is 7.59. The molecule has 0 aromatic carbocycles. The van der Waals surface area contributed by atoms with Crippen LogP contribution in [-0.2, 0) is 6.54 Å². The summed E-state index contributed by atoms with van der Waals surface area (Å²) in [6.45, 7) is 4.68. The Morgan fingerprint density at radius 3 is 2.84 bits per heavy atom. The van der Waals surface area contributed by atoms with Gasteiger partial charge in [0, 0.05) is 24.6 Å². The van der Waals surface area contributed by atoms with Crippen molar-refractivity contribution < 1.29 is 0 Å². The fourth-order valence-corrected chi connectivity index (χ4v) is 1.84. The van der Waals surface area contributed by atoms with Gasteiger partial charge in [0.15, 0.2) is 5.65 Å². The molecular weight excluding hydrogens is 238 g/mol. The third kappa shape index (κ3) is 2.54. The van der Waals surface area contributed by atoms with Gasteiger partial charge in [-0.05, 0) is 37.1 Å². The predicted molar refractivity (Wildman–Crippen MR) is 74.0 cm³/mol. The average Bonchev–Trinajstić information content (AvgIpc) is 2.80. The van der Waals surface area contributed by atoms with Crippen LogP contribution < -0.4 is 5.32 Å². The van der Waals surface area contributed by atoms with E-state index >= 15 is 0 Å². The number of aromatic nitrogens is 4. The van der Waals surface area contributed by atoms with Crippen molar-refractivity contribution in [2.45, 2.75) is 20.4 Å². The standard InChI is InChI=1S/C14H15N5/c1-10-3-6-13-17-14(18-19(13)9-10)16-8-12-5-4-11(2)15-7-12/h3-7,9H,8H2,1-2H3,(H,16,18). The van der Waals surface area contributed by atoms with E-state index in [9.17, 15) is 0 Å². The van der Waals surface area contributed by atoms with Crippen molar-refractivity contribution in [3.63, 3.8) is 0 Å². The molecule has 0 saturated heterocycles. The zero-order chi connectivity index (χ0) is 13.2. The first-order valence-electron chi connectivity index (χ1n) is 6.19. The molecule has 19 heavy (non-hydrogen) atoms. The quantitative estimate of drug-likeness (QED) is 0.778. The molecule has 0 aliphatic heterocycles. The molecule has 3 heterocycles. The van der Waals surface area contributed by atoms with Gasteiger partial charge in [0.2, 0.25) is 5.95 Å². The Kier molecular flexibility index (Phi) is 2.87. The summed E-state index contributed by atoms with van der Waals surface area (Å²) in [7, 11) is 0. The minimum Gasteiger partial charge on any atom is -0.349 e. The zero-order valence-electron chi connectivity index (χ0n) is 11.0. The van der Waals surface area contributed by atoms with Crippen LogP contribution in [0.25, 0.3) is 5.65 Å². The van der Waals surface area contributed by atoms with Crippen molar-refractivity contribution in [2.75, 3.05) is 5.32 Å². The fraction of sp³-hybridized carbons (Fsp3) is 0.214. The maximum atomic E-state index is 4.41. The minimum atomic E-state index is 0.631. The van der Waals surface area contributed by atoms with E-state index in [-0.39, 0.29) is 0 Å². The number of nitrogens with zero attached hydrogens (tertiary/aromatic N) is 4. The lowest BCUT2D eigenvalue weighted by atomic mass is 10.2. The largest absolute Gasteiger partial charge is 0.349 e. The van der Waals surface area contributed by atoms with E-state index < -0.39 is 0 Å². The second-order valence-electron chi connectivity index (χ2n) is 4.61. The van der Waals surface area contributed by atoms with E-state index in [1.807, 2.05) is 44.4 Å². The molecule has 0 spiro atoms. The van der Waals surface area contributed by atoms with Gasteiger partial charge in [-0.2, -0.15) is 4.98 Å². The first kappa shape index (κ1) is 11.6. The van der Waals surface area contributed by atoms with Crippen LogP contribution in [0.1, 0.15) is 16.8 Å². The molecule has 0 aliphatic rings. The topological polar surface area (TPSA) is 55.1 Å². The first-order valence-corrected chi connectivity index (χ1v) is 6.19. The third-order valence-electron chi connectivity index (χ3n) is 2.90. The van der Waals surface area contributed by atoms with Gasteiger partial charge < -0.3 is 5.32 Å². The molecule has 0 bridgehead atoms. The number of anilines is 1. The summed E-state index contributed by atoms with van der Waals surface area (Å²) >= 11 is 0. The number of hydrogen-bond acceptors (Lipinski definition) is 4. The molecule has 0 saturated carbocycles. The summed E-state index contributed by atoms with van der Waals surface area (Å²) in [6.07, 6.45) is 3.82. The zero-order valence-corrected chi connectivity index (χ0v) is 11.0. The maximum Gasteiger partial charge on any atom is 0.243 e. The molecule has 0 amide bonds. The molecule has 0 aliphatic carbocycles. The minimum absolute atomic E-state index is 0.631. The molecule has 5 nitrogen and oxygen atoms in total. The lowest BCUT2D eigenvalue weighted by molar-refractivity contribution is 0.941. The summed E-state index contributed by atoms with van der Waals surface area (Å²) in [4.78, 5) is 8.67. The van der Waals surface area contributed by atoms with E-state index in [0.29, 0.717) is 12.5 Å². The third-order valence-corrected chi connectivity index (χ3v) is 2.90. The van der Waals surface area contributed by atoms with Crippen LogP contribution in [-0.4, -0.2) is 19.6 Å². The summed E-state index contributed by atoms with van der Waals surface area (Å²) in [5.41, 5.74) is 4.13. The molecule has 96 valence electrons. The van der Waals surface area contributed by atoms with Crippen molar-refractivity contribution in [2.24, 2.45) is 0 Å². The van der Waals surface area contributed by atoms with Crippen LogP contribution in [0.3, 0.4) is 0 Å². The van der Waals surface area contributed by atoms with Gasteiger partial charge in [0.05, 0.1) is 0 Å². The van der Waals surface area contributed by atoms with Crippen molar-refractivity contribution >= 4 is 11.6 Å². The highest BCUT2D eigenvalue weighted by Crippen LogP contribution is 2.08. The van der Waals surface area contributed by atoms with Crippen LogP contribution in [0.15, 0.2) is 36.7 Å². The SMILES string of the molecule is Cc1ccc2nc(NCc3ccc(C)nc3)nn2c1. The number of hydrogen-bond donors (Lipinski definition) is 1. The molecule has 1 N–H and O–H groups in total. The average molecular weight is 253 g/mol. The van der Waals surface area contributed by atoms with E-state index in [1.165, 1.54) is 0 Å². The van der Waals surface area contributed by atoms with Crippen LogP contribution in [0.5, 0.6) is 0 Å². The smallest absolute Gasteiger partial charge is 0.243 e. The molecule has 0 fully saturated rings. The number of nitrogens with one attached hydrogen (secondary N) is 1. The summed E-state index contributed by atoms with van der Waals surface area (Å²) in [6, 6.07) is 8.03. The molecular formula is C14H15N5. The Hall–Kier alpha value is -2.43. The van der Waals surface area contributed by atoms with E-state index in [0.717, 1.165) is 22.5 Å². The van der Waals surface area contributed by atoms with Crippen molar-refractivity contribution in [3.8, 4) is 0 Å². The van der Waals surface area contributed by atoms with Gasteiger partial charge >= 0.3 is 0 Å². The number of rotatable bonds is 3. The van der Waals surface area contributed by atoms with Crippen LogP contribution in [0, 0.1) is 13.8 Å². The Morgan fingerprint density at radius 2 is 2.05 bits per heavy atom. The monoisotopic (exact) mass is 253 g/mol. The van der Waals surface area contributed by atoms with Crippen LogP contribution in [0.4, 0.5) is 5.95 Å². The Bertz CT molecular complexity index is 699.